The molecule has 2 aromatic heterocycles. The number of pyridine rings is 1. The number of hydrogen-bond acceptors (Lipinski definition) is 4. The van der Waals surface area contributed by atoms with Gasteiger partial charge in [-0.25, -0.2) is 4.98 Å². The Morgan fingerprint density at radius 2 is 2.24 bits per heavy atom. The fourth-order valence-corrected chi connectivity index (χ4v) is 2.55. The summed E-state index contributed by atoms with van der Waals surface area (Å²) in [4.78, 5) is 4.32. The van der Waals surface area contributed by atoms with E-state index in [0.717, 1.165) is 21.0 Å². The molecule has 90 valence electrons. The molecule has 0 spiro atoms. The number of nitrogens with two attached hydrogens (primary N) is 1. The molecule has 3 nitrogen and oxygen atoms in total. The lowest BCUT2D eigenvalue weighted by Crippen LogP contribution is -2.08. The fourth-order valence-electron chi connectivity index (χ4n) is 1.43. The summed E-state index contributed by atoms with van der Waals surface area (Å²) in [5.74, 6) is 1.81. The van der Waals surface area contributed by atoms with Crippen molar-refractivity contribution in [1.82, 2.24) is 4.98 Å². The third-order valence-corrected chi connectivity index (χ3v) is 3.92. The molecule has 2 N–H and O–H groups in total. The summed E-state index contributed by atoms with van der Waals surface area (Å²) in [5, 5.41) is 1.05. The minimum absolute atomic E-state index is 0.109. The third-order valence-electron chi connectivity index (χ3n) is 2.26. The summed E-state index contributed by atoms with van der Waals surface area (Å²) in [6.45, 7) is 2.45. The van der Waals surface area contributed by atoms with Crippen LogP contribution in [-0.2, 0) is 0 Å². The van der Waals surface area contributed by atoms with E-state index in [4.69, 9.17) is 10.2 Å². The van der Waals surface area contributed by atoms with Gasteiger partial charge in [-0.05, 0) is 47.1 Å². The van der Waals surface area contributed by atoms with Crippen molar-refractivity contribution in [3.8, 4) is 0 Å². The van der Waals surface area contributed by atoms with Gasteiger partial charge in [-0.1, -0.05) is 11.8 Å². The number of thioether (sulfide) groups is 1. The van der Waals surface area contributed by atoms with Gasteiger partial charge in [0.05, 0.1) is 10.3 Å². The number of aromatic nitrogens is 1. The third kappa shape index (κ3) is 3.34. The van der Waals surface area contributed by atoms with Crippen LogP contribution in [0.2, 0.25) is 0 Å². The van der Waals surface area contributed by atoms with Crippen molar-refractivity contribution >= 4 is 27.7 Å². The van der Waals surface area contributed by atoms with Gasteiger partial charge in [-0.2, -0.15) is 0 Å². The topological polar surface area (TPSA) is 52.0 Å². The van der Waals surface area contributed by atoms with Crippen LogP contribution in [0.4, 0.5) is 0 Å². The average Bonchev–Trinajstić information content (AvgIpc) is 2.75. The van der Waals surface area contributed by atoms with Crippen LogP contribution < -0.4 is 5.73 Å². The first kappa shape index (κ1) is 12.7. The standard InChI is InChI=1S/C12H13BrN2OS/c1-8-2-4-10(16-8)11(6-14)17-12-5-3-9(13)7-15-12/h2-5,7,11H,6,14H2,1H3. The van der Waals surface area contributed by atoms with Gasteiger partial charge in [0.15, 0.2) is 0 Å². The zero-order chi connectivity index (χ0) is 12.3. The first-order valence-corrected chi connectivity index (χ1v) is 6.91. The molecule has 0 aromatic carbocycles. The highest BCUT2D eigenvalue weighted by Crippen LogP contribution is 2.34. The van der Waals surface area contributed by atoms with Crippen molar-refractivity contribution in [2.24, 2.45) is 5.73 Å². The zero-order valence-electron chi connectivity index (χ0n) is 9.39. The second kappa shape index (κ2) is 5.71. The van der Waals surface area contributed by atoms with Gasteiger partial charge >= 0.3 is 0 Å². The van der Waals surface area contributed by atoms with Gasteiger partial charge in [0.1, 0.15) is 11.5 Å². The predicted molar refractivity (Wildman–Crippen MR) is 73.0 cm³/mol. The number of aryl methyl sites for hydroxylation is 1. The highest BCUT2D eigenvalue weighted by molar-refractivity contribution is 9.10. The van der Waals surface area contributed by atoms with Gasteiger partial charge in [0.25, 0.3) is 0 Å². The van der Waals surface area contributed by atoms with Crippen LogP contribution in [0.1, 0.15) is 16.8 Å². The van der Waals surface area contributed by atoms with E-state index in [1.807, 2.05) is 31.2 Å². The quantitative estimate of drug-likeness (QED) is 0.877. The molecule has 0 amide bonds. The normalized spacial score (nSPS) is 12.6. The number of nitrogens with zero attached hydrogens (tertiary/aromatic N) is 1. The largest absolute Gasteiger partial charge is 0.465 e. The summed E-state index contributed by atoms with van der Waals surface area (Å²) < 4.78 is 6.57. The van der Waals surface area contributed by atoms with E-state index in [1.54, 1.807) is 18.0 Å². The van der Waals surface area contributed by atoms with Gasteiger partial charge in [0.2, 0.25) is 0 Å². The van der Waals surface area contributed by atoms with Crippen molar-refractivity contribution in [1.29, 1.82) is 0 Å². The minimum Gasteiger partial charge on any atom is -0.465 e. The molecule has 17 heavy (non-hydrogen) atoms. The van der Waals surface area contributed by atoms with Crippen LogP contribution in [0, 0.1) is 6.92 Å². The lowest BCUT2D eigenvalue weighted by atomic mass is 10.3. The van der Waals surface area contributed by atoms with Crippen LogP contribution in [-0.4, -0.2) is 11.5 Å². The van der Waals surface area contributed by atoms with Crippen LogP contribution in [0.3, 0.4) is 0 Å². The molecule has 0 aliphatic heterocycles. The second-order valence-electron chi connectivity index (χ2n) is 3.61. The molecule has 0 saturated heterocycles. The maximum atomic E-state index is 5.77. The summed E-state index contributed by atoms with van der Waals surface area (Å²) in [6, 6.07) is 7.86. The molecular formula is C12H13BrN2OS. The Balaban J connectivity index is 2.12. The Hall–Kier alpha value is -0.780. The van der Waals surface area contributed by atoms with Crippen LogP contribution in [0.15, 0.2) is 44.4 Å². The first-order chi connectivity index (χ1) is 8.19. The average molecular weight is 313 g/mol. The summed E-state index contributed by atoms with van der Waals surface area (Å²) in [7, 11) is 0. The number of hydrogen-bond donors (Lipinski definition) is 1. The van der Waals surface area contributed by atoms with E-state index in [2.05, 4.69) is 20.9 Å². The molecule has 0 fully saturated rings. The molecule has 2 rings (SSSR count). The van der Waals surface area contributed by atoms with Crippen molar-refractivity contribution < 1.29 is 4.42 Å². The Labute approximate surface area is 113 Å². The molecule has 0 aliphatic carbocycles. The van der Waals surface area contributed by atoms with Crippen molar-refractivity contribution in [3.63, 3.8) is 0 Å². The molecule has 0 radical (unpaired) electrons. The van der Waals surface area contributed by atoms with E-state index < -0.39 is 0 Å². The maximum absolute atomic E-state index is 5.77. The monoisotopic (exact) mass is 312 g/mol. The van der Waals surface area contributed by atoms with E-state index in [1.165, 1.54) is 0 Å². The van der Waals surface area contributed by atoms with Crippen molar-refractivity contribution in [2.75, 3.05) is 6.54 Å². The number of furan rings is 1. The molecule has 1 unspecified atom stereocenters. The van der Waals surface area contributed by atoms with Gasteiger partial charge in [-0.3, -0.25) is 0 Å². The smallest absolute Gasteiger partial charge is 0.118 e. The lowest BCUT2D eigenvalue weighted by Gasteiger charge is -2.10. The molecule has 0 saturated carbocycles. The molecule has 5 heteroatoms. The van der Waals surface area contributed by atoms with E-state index in [9.17, 15) is 0 Å². The molecule has 2 heterocycles. The Bertz CT molecular complexity index is 484. The maximum Gasteiger partial charge on any atom is 0.118 e. The second-order valence-corrected chi connectivity index (χ2v) is 5.74. The lowest BCUT2D eigenvalue weighted by molar-refractivity contribution is 0.481. The predicted octanol–water partition coefficient (Wildman–Crippen LogP) is 3.54. The Kier molecular flexibility index (Phi) is 4.25. The number of rotatable bonds is 4. The van der Waals surface area contributed by atoms with E-state index in [-0.39, 0.29) is 5.25 Å². The van der Waals surface area contributed by atoms with Crippen molar-refractivity contribution in [3.05, 3.63) is 46.5 Å². The minimum atomic E-state index is 0.109. The van der Waals surface area contributed by atoms with Crippen LogP contribution in [0.25, 0.3) is 0 Å². The van der Waals surface area contributed by atoms with Gasteiger partial charge in [0, 0.05) is 17.2 Å². The zero-order valence-corrected chi connectivity index (χ0v) is 11.8. The molecule has 0 bridgehead atoms. The SMILES string of the molecule is Cc1ccc(C(CN)Sc2ccc(Br)cn2)o1. The van der Waals surface area contributed by atoms with Gasteiger partial charge < -0.3 is 10.2 Å². The molecule has 0 aliphatic rings. The highest BCUT2D eigenvalue weighted by Gasteiger charge is 2.15. The van der Waals surface area contributed by atoms with Gasteiger partial charge in [-0.15, -0.1) is 0 Å². The molecule has 1 atom stereocenters. The molecular weight excluding hydrogens is 300 g/mol. The highest BCUT2D eigenvalue weighted by atomic mass is 79.9. The molecule has 2 aromatic rings. The summed E-state index contributed by atoms with van der Waals surface area (Å²) >= 11 is 4.98. The van der Waals surface area contributed by atoms with Crippen LogP contribution in [0.5, 0.6) is 0 Å². The van der Waals surface area contributed by atoms with E-state index in [0.29, 0.717) is 6.54 Å². The summed E-state index contributed by atoms with van der Waals surface area (Å²) in [5.41, 5.74) is 5.77. The fraction of sp³-hybridized carbons (Fsp3) is 0.250. The number of halogens is 1. The summed E-state index contributed by atoms with van der Waals surface area (Å²) in [6.07, 6.45) is 1.78. The Morgan fingerprint density at radius 1 is 1.41 bits per heavy atom. The van der Waals surface area contributed by atoms with Crippen LogP contribution >= 0.6 is 27.7 Å². The first-order valence-electron chi connectivity index (χ1n) is 5.23. The van der Waals surface area contributed by atoms with Crippen molar-refractivity contribution in [2.45, 2.75) is 17.2 Å². The van der Waals surface area contributed by atoms with E-state index >= 15 is 0 Å². The Morgan fingerprint density at radius 3 is 2.76 bits per heavy atom.